The molecule has 0 N–H and O–H groups in total. The van der Waals surface area contributed by atoms with Crippen molar-refractivity contribution in [3.8, 4) is 0 Å². The average molecular weight is 389 g/mol. The zero-order chi connectivity index (χ0) is 19.4. The van der Waals surface area contributed by atoms with Gasteiger partial charge >= 0.3 is 6.09 Å². The number of morpholine rings is 1. The van der Waals surface area contributed by atoms with E-state index in [1.165, 1.54) is 6.20 Å². The van der Waals surface area contributed by atoms with Crippen LogP contribution in [0, 0.1) is 0 Å². The zero-order valence-corrected chi connectivity index (χ0v) is 16.4. The highest BCUT2D eigenvalue weighted by Gasteiger charge is 2.29. The van der Waals surface area contributed by atoms with Gasteiger partial charge in [0.2, 0.25) is 0 Å². The number of rotatable bonds is 3. The van der Waals surface area contributed by atoms with Gasteiger partial charge in [-0.3, -0.25) is 0 Å². The molecule has 1 aromatic heterocycles. The Bertz CT molecular complexity index is 823. The fraction of sp³-hybridized carbons (Fsp3) is 0.421. The van der Waals surface area contributed by atoms with E-state index in [1.54, 1.807) is 23.1 Å². The Morgan fingerprint density at radius 3 is 2.81 bits per heavy atom. The number of hydrogen-bond acceptors (Lipinski definition) is 6. The van der Waals surface area contributed by atoms with E-state index in [0.29, 0.717) is 29.6 Å². The van der Waals surface area contributed by atoms with Crippen molar-refractivity contribution in [2.24, 2.45) is 0 Å². The summed E-state index contributed by atoms with van der Waals surface area (Å²) in [5.41, 5.74) is 0.316. The van der Waals surface area contributed by atoms with Gasteiger partial charge in [0.15, 0.2) is 5.03 Å². The molecule has 0 aliphatic carbocycles. The average Bonchev–Trinajstić information content (AvgIpc) is 2.67. The molecule has 144 valence electrons. The minimum atomic E-state index is -1.43. The number of hydrogen-bond donors (Lipinski definition) is 0. The summed E-state index contributed by atoms with van der Waals surface area (Å²) < 4.78 is 24.0. The molecule has 1 fully saturated rings. The van der Waals surface area contributed by atoms with Gasteiger partial charge < -0.3 is 14.4 Å². The van der Waals surface area contributed by atoms with Gasteiger partial charge in [0.05, 0.1) is 13.2 Å². The Kier molecular flexibility index (Phi) is 5.86. The van der Waals surface area contributed by atoms with Crippen LogP contribution < -0.4 is 0 Å². The van der Waals surface area contributed by atoms with Gasteiger partial charge in [-0.05, 0) is 50.6 Å². The molecule has 0 bridgehead atoms. The number of amides is 1. The molecule has 1 amide bonds. The highest BCUT2D eigenvalue weighted by molar-refractivity contribution is 7.85. The Balaban J connectivity index is 1.75. The van der Waals surface area contributed by atoms with E-state index in [4.69, 9.17) is 9.47 Å². The molecule has 1 saturated heterocycles. The lowest BCUT2D eigenvalue weighted by Gasteiger charge is -2.34. The van der Waals surface area contributed by atoms with Crippen molar-refractivity contribution in [2.75, 3.05) is 19.7 Å². The van der Waals surface area contributed by atoms with Crippen LogP contribution in [0.2, 0.25) is 0 Å². The van der Waals surface area contributed by atoms with E-state index in [2.05, 4.69) is 10.2 Å². The quantitative estimate of drug-likeness (QED) is 0.803. The lowest BCUT2D eigenvalue weighted by molar-refractivity contribution is -0.0433. The first kappa shape index (κ1) is 19.4. The van der Waals surface area contributed by atoms with Crippen LogP contribution in [-0.4, -0.2) is 50.7 Å². The lowest BCUT2D eigenvalue weighted by Crippen LogP contribution is -2.44. The molecule has 8 heteroatoms. The van der Waals surface area contributed by atoms with E-state index in [0.717, 1.165) is 5.56 Å². The largest absolute Gasteiger partial charge is 0.444 e. The topological polar surface area (TPSA) is 81.6 Å². The minimum Gasteiger partial charge on any atom is -0.444 e. The molecular formula is C19H23N3O4S. The van der Waals surface area contributed by atoms with E-state index >= 15 is 0 Å². The molecule has 1 aromatic carbocycles. The molecule has 2 heterocycles. The van der Waals surface area contributed by atoms with Gasteiger partial charge in [-0.15, -0.1) is 5.10 Å². The Morgan fingerprint density at radius 1 is 1.30 bits per heavy atom. The smallest absolute Gasteiger partial charge is 0.410 e. The second-order valence-electron chi connectivity index (χ2n) is 7.19. The van der Waals surface area contributed by atoms with Crippen LogP contribution in [0.5, 0.6) is 0 Å². The van der Waals surface area contributed by atoms with Crippen LogP contribution in [0.3, 0.4) is 0 Å². The molecule has 0 spiro atoms. The van der Waals surface area contributed by atoms with Crippen molar-refractivity contribution in [2.45, 2.75) is 42.4 Å². The number of nitrogens with zero attached hydrogens (tertiary/aromatic N) is 3. The number of ether oxygens (including phenoxy) is 2. The molecule has 0 saturated carbocycles. The fourth-order valence-corrected chi connectivity index (χ4v) is 3.69. The summed E-state index contributed by atoms with van der Waals surface area (Å²) in [7, 11) is -1.43. The summed E-state index contributed by atoms with van der Waals surface area (Å²) in [6.45, 7) is 6.81. The third-order valence-corrected chi connectivity index (χ3v) is 5.18. The first-order chi connectivity index (χ1) is 12.8. The maximum Gasteiger partial charge on any atom is 0.410 e. The molecule has 1 aliphatic heterocycles. The van der Waals surface area contributed by atoms with Crippen molar-refractivity contribution >= 4 is 16.9 Å². The summed E-state index contributed by atoms with van der Waals surface area (Å²) in [6.07, 6.45) is 0.887. The van der Waals surface area contributed by atoms with Crippen molar-refractivity contribution in [1.29, 1.82) is 0 Å². The monoisotopic (exact) mass is 389 g/mol. The standard InChI is InChI=1S/C19H23N3O4S/c1-19(2,3)26-18(23)22-10-11-25-16(13-22)14-6-4-7-15(12-14)27(24)17-8-5-9-20-21-17/h4-9,12,16H,10-11,13H2,1-3H3/t16-,27-/m0/s1. The molecular weight excluding hydrogens is 366 g/mol. The molecule has 2 atom stereocenters. The van der Waals surface area contributed by atoms with Gasteiger partial charge in [-0.2, -0.15) is 5.10 Å². The van der Waals surface area contributed by atoms with E-state index in [-0.39, 0.29) is 12.2 Å². The highest BCUT2D eigenvalue weighted by atomic mass is 32.2. The van der Waals surface area contributed by atoms with Crippen molar-refractivity contribution in [3.05, 3.63) is 48.2 Å². The van der Waals surface area contributed by atoms with Crippen LogP contribution in [0.1, 0.15) is 32.4 Å². The van der Waals surface area contributed by atoms with Crippen LogP contribution in [0.15, 0.2) is 52.5 Å². The van der Waals surface area contributed by atoms with Crippen molar-refractivity contribution in [3.63, 3.8) is 0 Å². The second-order valence-corrected chi connectivity index (χ2v) is 8.62. The van der Waals surface area contributed by atoms with Gasteiger partial charge in [0.1, 0.15) is 22.5 Å². The molecule has 0 unspecified atom stereocenters. The third-order valence-electron chi connectivity index (χ3n) is 3.90. The number of benzene rings is 1. The summed E-state index contributed by atoms with van der Waals surface area (Å²) in [6, 6.07) is 10.7. The molecule has 7 nitrogen and oxygen atoms in total. The normalized spacial score (nSPS) is 18.8. The third kappa shape index (κ3) is 5.11. The molecule has 0 radical (unpaired) electrons. The van der Waals surface area contributed by atoms with Crippen molar-refractivity contribution in [1.82, 2.24) is 15.1 Å². The van der Waals surface area contributed by atoms with Gasteiger partial charge in [-0.1, -0.05) is 12.1 Å². The molecule has 1 aliphatic rings. The maximum absolute atomic E-state index is 12.7. The SMILES string of the molecule is CC(C)(C)OC(=O)N1CCO[C@H](c2cccc([S@](=O)c3cccnn3)c2)C1. The Morgan fingerprint density at radius 2 is 2.11 bits per heavy atom. The summed E-state index contributed by atoms with van der Waals surface area (Å²) in [4.78, 5) is 14.6. The summed E-state index contributed by atoms with van der Waals surface area (Å²) in [5.74, 6) is 0. The minimum absolute atomic E-state index is 0.301. The van der Waals surface area contributed by atoms with Crippen LogP contribution in [0.4, 0.5) is 4.79 Å². The predicted molar refractivity (Wildman–Crippen MR) is 99.6 cm³/mol. The summed E-state index contributed by atoms with van der Waals surface area (Å²) in [5, 5.41) is 8.09. The zero-order valence-electron chi connectivity index (χ0n) is 15.6. The molecule has 27 heavy (non-hydrogen) atoms. The van der Waals surface area contributed by atoms with Crippen molar-refractivity contribution < 1.29 is 18.5 Å². The first-order valence-electron chi connectivity index (χ1n) is 8.72. The van der Waals surface area contributed by atoms with Gasteiger partial charge in [0.25, 0.3) is 0 Å². The van der Waals surface area contributed by atoms with E-state index in [9.17, 15) is 9.00 Å². The van der Waals surface area contributed by atoms with E-state index < -0.39 is 16.4 Å². The van der Waals surface area contributed by atoms with Crippen LogP contribution in [0.25, 0.3) is 0 Å². The Labute approximate surface area is 161 Å². The molecule has 2 aromatic rings. The summed E-state index contributed by atoms with van der Waals surface area (Å²) >= 11 is 0. The first-order valence-corrected chi connectivity index (χ1v) is 9.87. The number of aromatic nitrogens is 2. The second kappa shape index (κ2) is 8.14. The fourth-order valence-electron chi connectivity index (χ4n) is 2.68. The number of carbonyl (C=O) groups excluding carboxylic acids is 1. The van der Waals surface area contributed by atoms with Crippen LogP contribution in [-0.2, 0) is 20.3 Å². The lowest BCUT2D eigenvalue weighted by atomic mass is 10.1. The number of carbonyl (C=O) groups is 1. The Hall–Kier alpha value is -2.32. The predicted octanol–water partition coefficient (Wildman–Crippen LogP) is 2.95. The van der Waals surface area contributed by atoms with Gasteiger partial charge in [0, 0.05) is 17.6 Å². The molecule has 3 rings (SSSR count). The van der Waals surface area contributed by atoms with Gasteiger partial charge in [-0.25, -0.2) is 9.00 Å². The van der Waals surface area contributed by atoms with E-state index in [1.807, 2.05) is 39.0 Å². The van der Waals surface area contributed by atoms with Crippen LogP contribution >= 0.6 is 0 Å². The highest BCUT2D eigenvalue weighted by Crippen LogP contribution is 2.26. The maximum atomic E-state index is 12.7.